The van der Waals surface area contributed by atoms with Gasteiger partial charge in [0.05, 0.1) is 24.8 Å². The molecule has 1 N–H and O–H groups in total. The highest BCUT2D eigenvalue weighted by Crippen LogP contribution is 2.23. The number of carbonyl (C=O) groups is 2. The van der Waals surface area contributed by atoms with Crippen LogP contribution in [-0.4, -0.2) is 53.3 Å². The monoisotopic (exact) mass is 371 g/mol. The van der Waals surface area contributed by atoms with Crippen molar-refractivity contribution in [2.75, 3.05) is 26.3 Å². The Morgan fingerprint density at radius 1 is 1.22 bits per heavy atom. The van der Waals surface area contributed by atoms with Crippen molar-refractivity contribution < 1.29 is 19.1 Å². The number of esters is 1. The summed E-state index contributed by atoms with van der Waals surface area (Å²) in [6.45, 7) is 5.71. The molecule has 2 heterocycles. The van der Waals surface area contributed by atoms with E-state index in [1.165, 1.54) is 0 Å². The van der Waals surface area contributed by atoms with Crippen molar-refractivity contribution in [3.63, 3.8) is 0 Å². The smallest absolute Gasteiger partial charge is 0.310 e. The van der Waals surface area contributed by atoms with E-state index in [0.717, 1.165) is 24.2 Å². The minimum Gasteiger partial charge on any atom is -0.494 e. The Bertz CT molecular complexity index is 785. The molecule has 0 radical (unpaired) electrons. The van der Waals surface area contributed by atoms with Gasteiger partial charge in [-0.2, -0.15) is 5.10 Å². The number of benzene rings is 1. The molecule has 1 aliphatic rings. The van der Waals surface area contributed by atoms with Gasteiger partial charge in [0.1, 0.15) is 11.4 Å². The van der Waals surface area contributed by atoms with Crippen LogP contribution < -0.4 is 4.74 Å². The van der Waals surface area contributed by atoms with Crippen LogP contribution in [0.1, 0.15) is 37.2 Å². The number of amides is 1. The highest BCUT2D eigenvalue weighted by Gasteiger charge is 2.30. The predicted octanol–water partition coefficient (Wildman–Crippen LogP) is 2.89. The van der Waals surface area contributed by atoms with Crippen LogP contribution in [0.4, 0.5) is 0 Å². The van der Waals surface area contributed by atoms with Gasteiger partial charge in [-0.3, -0.25) is 14.7 Å². The number of piperidine rings is 1. The summed E-state index contributed by atoms with van der Waals surface area (Å²) in [4.78, 5) is 26.5. The van der Waals surface area contributed by atoms with E-state index >= 15 is 0 Å². The van der Waals surface area contributed by atoms with Gasteiger partial charge in [-0.15, -0.1) is 0 Å². The van der Waals surface area contributed by atoms with E-state index in [4.69, 9.17) is 9.47 Å². The number of rotatable bonds is 6. The summed E-state index contributed by atoms with van der Waals surface area (Å²) in [5, 5.41) is 7.08. The van der Waals surface area contributed by atoms with Gasteiger partial charge in [0.2, 0.25) is 0 Å². The molecule has 1 atom stereocenters. The van der Waals surface area contributed by atoms with Crippen LogP contribution >= 0.6 is 0 Å². The standard InChI is InChI=1S/C20H25N3O4/c1-3-26-16-9-7-14(8-10-16)17-12-18(22-21-17)19(24)23-11-5-6-15(13-23)20(25)27-4-2/h7-10,12,15H,3-6,11,13H2,1-2H3,(H,21,22)/t15-/m1/s1. The quantitative estimate of drug-likeness (QED) is 0.789. The number of hydrogen-bond donors (Lipinski definition) is 1. The predicted molar refractivity (Wildman–Crippen MR) is 100 cm³/mol. The first kappa shape index (κ1) is 18.9. The van der Waals surface area contributed by atoms with E-state index in [2.05, 4.69) is 10.2 Å². The van der Waals surface area contributed by atoms with E-state index in [0.29, 0.717) is 37.7 Å². The summed E-state index contributed by atoms with van der Waals surface area (Å²) >= 11 is 0. The second kappa shape index (κ2) is 8.70. The molecular formula is C20H25N3O4. The Kier molecular flexibility index (Phi) is 6.11. The zero-order chi connectivity index (χ0) is 19.2. The fourth-order valence-electron chi connectivity index (χ4n) is 3.25. The largest absolute Gasteiger partial charge is 0.494 e. The number of likely N-dealkylation sites (tertiary alicyclic amines) is 1. The summed E-state index contributed by atoms with van der Waals surface area (Å²) < 4.78 is 10.5. The van der Waals surface area contributed by atoms with Gasteiger partial charge in [0.15, 0.2) is 0 Å². The molecule has 1 saturated heterocycles. The Morgan fingerprint density at radius 2 is 2.00 bits per heavy atom. The lowest BCUT2D eigenvalue weighted by atomic mass is 9.98. The Labute approximate surface area is 158 Å². The average Bonchev–Trinajstić information content (AvgIpc) is 3.19. The topological polar surface area (TPSA) is 84.5 Å². The number of ether oxygens (including phenoxy) is 2. The molecule has 0 saturated carbocycles. The lowest BCUT2D eigenvalue weighted by molar-refractivity contribution is -0.149. The molecule has 0 aliphatic carbocycles. The molecule has 1 amide bonds. The second-order valence-corrected chi connectivity index (χ2v) is 6.47. The SMILES string of the molecule is CCOC(=O)[C@@H]1CCCN(C(=O)c2cc(-c3ccc(OCC)cc3)n[nH]2)C1. The summed E-state index contributed by atoms with van der Waals surface area (Å²) in [5.41, 5.74) is 2.01. The fourth-order valence-corrected chi connectivity index (χ4v) is 3.25. The third-order valence-corrected chi connectivity index (χ3v) is 4.60. The van der Waals surface area contributed by atoms with E-state index in [1.807, 2.05) is 31.2 Å². The van der Waals surface area contributed by atoms with E-state index in [9.17, 15) is 9.59 Å². The van der Waals surface area contributed by atoms with Gasteiger partial charge < -0.3 is 14.4 Å². The van der Waals surface area contributed by atoms with Crippen LogP contribution in [0, 0.1) is 5.92 Å². The molecule has 1 aliphatic heterocycles. The van der Waals surface area contributed by atoms with Crippen molar-refractivity contribution in [1.82, 2.24) is 15.1 Å². The van der Waals surface area contributed by atoms with Crippen molar-refractivity contribution in [3.05, 3.63) is 36.0 Å². The number of aromatic nitrogens is 2. The van der Waals surface area contributed by atoms with E-state index in [1.54, 1.807) is 17.9 Å². The van der Waals surface area contributed by atoms with Crippen molar-refractivity contribution in [2.24, 2.45) is 5.92 Å². The van der Waals surface area contributed by atoms with Crippen LogP contribution in [0.2, 0.25) is 0 Å². The molecule has 27 heavy (non-hydrogen) atoms. The van der Waals surface area contributed by atoms with Crippen LogP contribution in [0.15, 0.2) is 30.3 Å². The first-order chi connectivity index (χ1) is 13.1. The molecule has 1 aromatic carbocycles. The number of hydrogen-bond acceptors (Lipinski definition) is 5. The number of nitrogens with one attached hydrogen (secondary N) is 1. The maximum absolute atomic E-state index is 12.8. The lowest BCUT2D eigenvalue weighted by Crippen LogP contribution is -2.43. The fraction of sp³-hybridized carbons (Fsp3) is 0.450. The minimum atomic E-state index is -0.254. The highest BCUT2D eigenvalue weighted by molar-refractivity contribution is 5.93. The van der Waals surface area contributed by atoms with Gasteiger partial charge in [-0.1, -0.05) is 0 Å². The maximum atomic E-state index is 12.8. The summed E-state index contributed by atoms with van der Waals surface area (Å²) in [7, 11) is 0. The Balaban J connectivity index is 1.68. The average molecular weight is 371 g/mol. The molecule has 1 aromatic heterocycles. The molecule has 1 fully saturated rings. The molecule has 144 valence electrons. The molecule has 0 unspecified atom stereocenters. The molecule has 3 rings (SSSR count). The summed E-state index contributed by atoms with van der Waals surface area (Å²) in [6.07, 6.45) is 1.54. The van der Waals surface area contributed by atoms with Crippen LogP contribution in [0.25, 0.3) is 11.3 Å². The van der Waals surface area contributed by atoms with Crippen LogP contribution in [0.3, 0.4) is 0 Å². The van der Waals surface area contributed by atoms with Gasteiger partial charge in [-0.05, 0) is 57.0 Å². The molecule has 7 nitrogen and oxygen atoms in total. The van der Waals surface area contributed by atoms with Gasteiger partial charge in [0.25, 0.3) is 5.91 Å². The molecule has 0 spiro atoms. The van der Waals surface area contributed by atoms with Gasteiger partial charge >= 0.3 is 5.97 Å². The number of nitrogens with zero attached hydrogens (tertiary/aromatic N) is 2. The number of carbonyl (C=O) groups excluding carboxylic acids is 2. The number of aromatic amines is 1. The van der Waals surface area contributed by atoms with Crippen molar-refractivity contribution >= 4 is 11.9 Å². The highest BCUT2D eigenvalue weighted by atomic mass is 16.5. The van der Waals surface area contributed by atoms with Crippen molar-refractivity contribution in [3.8, 4) is 17.0 Å². The Hall–Kier alpha value is -2.83. The zero-order valence-electron chi connectivity index (χ0n) is 15.7. The lowest BCUT2D eigenvalue weighted by Gasteiger charge is -2.31. The molecule has 7 heteroatoms. The molecular weight excluding hydrogens is 346 g/mol. The first-order valence-corrected chi connectivity index (χ1v) is 9.37. The molecule has 0 bridgehead atoms. The number of H-pyrrole nitrogens is 1. The van der Waals surface area contributed by atoms with Crippen molar-refractivity contribution in [2.45, 2.75) is 26.7 Å². The first-order valence-electron chi connectivity index (χ1n) is 9.37. The summed E-state index contributed by atoms with van der Waals surface area (Å²) in [6, 6.07) is 9.32. The zero-order valence-corrected chi connectivity index (χ0v) is 15.7. The molecule has 2 aromatic rings. The van der Waals surface area contributed by atoms with Gasteiger partial charge in [0, 0.05) is 18.7 Å². The summed E-state index contributed by atoms with van der Waals surface area (Å²) in [5.74, 6) is 0.172. The van der Waals surface area contributed by atoms with Crippen LogP contribution in [-0.2, 0) is 9.53 Å². The van der Waals surface area contributed by atoms with Gasteiger partial charge in [-0.25, -0.2) is 0 Å². The third-order valence-electron chi connectivity index (χ3n) is 4.60. The normalized spacial score (nSPS) is 16.8. The maximum Gasteiger partial charge on any atom is 0.310 e. The minimum absolute atomic E-state index is 0.145. The van der Waals surface area contributed by atoms with E-state index in [-0.39, 0.29) is 17.8 Å². The second-order valence-electron chi connectivity index (χ2n) is 6.47. The third kappa shape index (κ3) is 4.48. The van der Waals surface area contributed by atoms with E-state index < -0.39 is 0 Å². The van der Waals surface area contributed by atoms with Crippen LogP contribution in [0.5, 0.6) is 5.75 Å². The van der Waals surface area contributed by atoms with Crippen molar-refractivity contribution in [1.29, 1.82) is 0 Å². The Morgan fingerprint density at radius 3 is 2.70 bits per heavy atom.